The van der Waals surface area contributed by atoms with Crippen LogP contribution in [-0.4, -0.2) is 31.6 Å². The molecule has 2 saturated carbocycles. The molecular formula is C34H46NOPS. The Kier molecular flexibility index (Phi) is 9.08. The van der Waals surface area contributed by atoms with E-state index in [-0.39, 0.29) is 18.7 Å². The predicted octanol–water partition coefficient (Wildman–Crippen LogP) is 9.10. The van der Waals surface area contributed by atoms with Crippen LogP contribution < -0.4 is 5.30 Å². The van der Waals surface area contributed by atoms with Gasteiger partial charge in [0, 0.05) is 7.05 Å². The van der Waals surface area contributed by atoms with Crippen molar-refractivity contribution in [3.05, 3.63) is 77.9 Å². The Morgan fingerprint density at radius 1 is 0.737 bits per heavy atom. The molecule has 0 bridgehead atoms. The van der Waals surface area contributed by atoms with Crippen LogP contribution in [-0.2, 0) is 11.0 Å². The number of rotatable bonds is 7. The Hall–Kier alpha value is -1.54. The Labute approximate surface area is 234 Å². The van der Waals surface area contributed by atoms with Crippen molar-refractivity contribution in [2.24, 2.45) is 0 Å². The Morgan fingerprint density at radius 3 is 1.89 bits per heavy atom. The van der Waals surface area contributed by atoms with Crippen LogP contribution in [0.4, 0.5) is 0 Å². The monoisotopic (exact) mass is 547 g/mol. The highest BCUT2D eigenvalue weighted by Gasteiger charge is 2.37. The first-order valence-electron chi connectivity index (χ1n) is 14.9. The third kappa shape index (κ3) is 5.96. The van der Waals surface area contributed by atoms with Crippen LogP contribution in [0, 0.1) is 0 Å². The van der Waals surface area contributed by atoms with E-state index < -0.39 is 11.0 Å². The standard InChI is InChI=1S/C34H46NOPS/c1-34(2,3)38(36)35(4)33(30-24-15-17-26-16-11-12-22-29(26)30)31-23-13-14-25-32(31)37(27-18-7-5-8-19-27)28-20-9-6-10-21-28/h11-17,22-25,27-28,33H,5-10,18-21H2,1-4H3/t33?,38-/m1/s1. The molecular weight excluding hydrogens is 501 g/mol. The summed E-state index contributed by atoms with van der Waals surface area (Å²) in [5.74, 6) is 0. The molecule has 0 N–H and O–H groups in total. The second-order valence-corrected chi connectivity index (χ2v) is 17.5. The first-order chi connectivity index (χ1) is 18.4. The topological polar surface area (TPSA) is 20.3 Å². The highest BCUT2D eigenvalue weighted by molar-refractivity contribution is 7.84. The fourth-order valence-corrected chi connectivity index (χ4v) is 12.2. The maximum atomic E-state index is 14.0. The van der Waals surface area contributed by atoms with E-state index in [1.807, 2.05) is 0 Å². The van der Waals surface area contributed by atoms with Crippen LogP contribution in [0.15, 0.2) is 66.7 Å². The second-order valence-electron chi connectivity index (χ2n) is 12.4. The van der Waals surface area contributed by atoms with E-state index in [4.69, 9.17) is 0 Å². The lowest BCUT2D eigenvalue weighted by Crippen LogP contribution is -2.39. The van der Waals surface area contributed by atoms with E-state index in [9.17, 15) is 4.21 Å². The number of fused-ring (bicyclic) bond motifs is 1. The smallest absolute Gasteiger partial charge is 0.100 e. The SMILES string of the molecule is CN(C(c1ccccc1P(C1CCCCC1)C1CCCCC1)c1cccc2ccccc12)[S@](=O)C(C)(C)C. The van der Waals surface area contributed by atoms with Crippen LogP contribution in [0.25, 0.3) is 10.8 Å². The summed E-state index contributed by atoms with van der Waals surface area (Å²) in [7, 11) is 0.668. The minimum atomic E-state index is -1.15. The van der Waals surface area contributed by atoms with Crippen LogP contribution >= 0.6 is 7.92 Å². The molecule has 2 fully saturated rings. The van der Waals surface area contributed by atoms with E-state index in [0.29, 0.717) is 0 Å². The summed E-state index contributed by atoms with van der Waals surface area (Å²) < 4.78 is 15.9. The van der Waals surface area contributed by atoms with Crippen LogP contribution in [0.2, 0.25) is 0 Å². The molecule has 0 aromatic heterocycles. The van der Waals surface area contributed by atoms with Gasteiger partial charge in [-0.15, -0.1) is 0 Å². The van der Waals surface area contributed by atoms with E-state index in [2.05, 4.69) is 98.9 Å². The van der Waals surface area contributed by atoms with Gasteiger partial charge in [0.1, 0.15) is 11.0 Å². The summed E-state index contributed by atoms with van der Waals surface area (Å²) in [6.45, 7) is 6.30. The van der Waals surface area contributed by atoms with Gasteiger partial charge in [-0.05, 0) is 85.0 Å². The quantitative estimate of drug-likeness (QED) is 0.270. The molecule has 2 atom stereocenters. The molecule has 0 spiro atoms. The fourth-order valence-electron chi connectivity index (χ4n) is 6.94. The van der Waals surface area contributed by atoms with Gasteiger partial charge >= 0.3 is 0 Å². The lowest BCUT2D eigenvalue weighted by atomic mass is 9.93. The first-order valence-corrected chi connectivity index (χ1v) is 17.4. The molecule has 0 heterocycles. The molecule has 0 saturated heterocycles. The molecule has 1 unspecified atom stereocenters. The largest absolute Gasteiger partial charge is 0.242 e. The van der Waals surface area contributed by atoms with Gasteiger partial charge in [0.15, 0.2) is 0 Å². The molecule has 4 heteroatoms. The molecule has 0 radical (unpaired) electrons. The lowest BCUT2D eigenvalue weighted by Gasteiger charge is -2.41. The van der Waals surface area contributed by atoms with E-state index in [1.54, 1.807) is 5.30 Å². The molecule has 0 amide bonds. The fraction of sp³-hybridized carbons (Fsp3) is 0.529. The van der Waals surface area contributed by atoms with Crippen molar-refractivity contribution in [1.29, 1.82) is 0 Å². The molecule has 2 aliphatic carbocycles. The average molecular weight is 548 g/mol. The zero-order valence-electron chi connectivity index (χ0n) is 23.9. The van der Waals surface area contributed by atoms with Crippen LogP contribution in [0.3, 0.4) is 0 Å². The van der Waals surface area contributed by atoms with Gasteiger partial charge in [-0.2, -0.15) is 0 Å². The number of nitrogens with zero attached hydrogens (tertiary/aromatic N) is 1. The zero-order chi connectivity index (χ0) is 26.7. The molecule has 204 valence electrons. The molecule has 3 aromatic rings. The summed E-state index contributed by atoms with van der Waals surface area (Å²) in [5, 5.41) is 4.12. The van der Waals surface area contributed by atoms with Crippen molar-refractivity contribution < 1.29 is 4.21 Å². The zero-order valence-corrected chi connectivity index (χ0v) is 25.6. The summed E-state index contributed by atoms with van der Waals surface area (Å²) in [6, 6.07) is 24.7. The Bertz CT molecular complexity index is 1220. The maximum absolute atomic E-state index is 14.0. The summed E-state index contributed by atoms with van der Waals surface area (Å²) in [6.07, 6.45) is 13.9. The molecule has 3 aromatic carbocycles. The van der Waals surface area contributed by atoms with Gasteiger partial charge in [-0.1, -0.05) is 113 Å². The first kappa shape index (κ1) is 28.0. The minimum absolute atomic E-state index is 0.0467. The van der Waals surface area contributed by atoms with Crippen molar-refractivity contribution in [1.82, 2.24) is 4.31 Å². The van der Waals surface area contributed by atoms with Gasteiger partial charge in [0.05, 0.1) is 10.8 Å². The third-order valence-electron chi connectivity index (χ3n) is 8.71. The molecule has 5 rings (SSSR count). The van der Waals surface area contributed by atoms with Gasteiger partial charge in [-0.3, -0.25) is 0 Å². The van der Waals surface area contributed by atoms with Gasteiger partial charge in [-0.25, -0.2) is 8.51 Å². The van der Waals surface area contributed by atoms with Crippen molar-refractivity contribution >= 4 is 35.0 Å². The summed E-state index contributed by atoms with van der Waals surface area (Å²) in [4.78, 5) is 0. The number of hydrogen-bond donors (Lipinski definition) is 0. The van der Waals surface area contributed by atoms with Crippen LogP contribution in [0.1, 0.15) is 102 Å². The predicted molar refractivity (Wildman–Crippen MR) is 168 cm³/mol. The normalized spacial score (nSPS) is 19.7. The summed E-state index contributed by atoms with van der Waals surface area (Å²) in [5.41, 5.74) is 4.33. The van der Waals surface area contributed by atoms with E-state index in [1.165, 1.54) is 86.1 Å². The second kappa shape index (κ2) is 12.3. The molecule has 38 heavy (non-hydrogen) atoms. The van der Waals surface area contributed by atoms with Crippen LogP contribution in [0.5, 0.6) is 0 Å². The Balaban J connectivity index is 1.69. The molecule has 2 nitrogen and oxygen atoms in total. The van der Waals surface area contributed by atoms with E-state index in [0.717, 1.165) is 11.3 Å². The molecule has 2 aliphatic rings. The van der Waals surface area contributed by atoms with E-state index >= 15 is 0 Å². The minimum Gasteiger partial charge on any atom is -0.242 e. The molecule has 0 aliphatic heterocycles. The van der Waals surface area contributed by atoms with Crippen molar-refractivity contribution in [3.8, 4) is 0 Å². The van der Waals surface area contributed by atoms with Crippen molar-refractivity contribution in [2.45, 2.75) is 107 Å². The van der Waals surface area contributed by atoms with Gasteiger partial charge in [0.2, 0.25) is 0 Å². The highest BCUT2D eigenvalue weighted by Crippen LogP contribution is 2.56. The number of hydrogen-bond acceptors (Lipinski definition) is 1. The van der Waals surface area contributed by atoms with Crippen molar-refractivity contribution in [3.63, 3.8) is 0 Å². The van der Waals surface area contributed by atoms with Gasteiger partial charge in [0.25, 0.3) is 0 Å². The summed E-state index contributed by atoms with van der Waals surface area (Å²) >= 11 is 0. The average Bonchev–Trinajstić information content (AvgIpc) is 2.94. The lowest BCUT2D eigenvalue weighted by molar-refractivity contribution is 0.443. The van der Waals surface area contributed by atoms with Crippen molar-refractivity contribution in [2.75, 3.05) is 7.05 Å². The maximum Gasteiger partial charge on any atom is 0.100 e. The number of benzene rings is 3. The highest BCUT2D eigenvalue weighted by atomic mass is 32.2. The third-order valence-corrected chi connectivity index (χ3v) is 14.1. The Morgan fingerprint density at radius 2 is 1.26 bits per heavy atom. The van der Waals surface area contributed by atoms with Gasteiger partial charge < -0.3 is 0 Å².